The van der Waals surface area contributed by atoms with Crippen LogP contribution in [0.5, 0.6) is 0 Å². The molecule has 0 atom stereocenters. The van der Waals surface area contributed by atoms with Crippen molar-refractivity contribution < 1.29 is 9.18 Å². The molecule has 0 fully saturated rings. The van der Waals surface area contributed by atoms with Crippen molar-refractivity contribution in [3.63, 3.8) is 0 Å². The van der Waals surface area contributed by atoms with Gasteiger partial charge in [-0.15, -0.1) is 0 Å². The molecule has 1 heterocycles. The maximum Gasteiger partial charge on any atom is 0.274 e. The van der Waals surface area contributed by atoms with Gasteiger partial charge in [-0.2, -0.15) is 5.26 Å². The molecule has 4 nitrogen and oxygen atoms in total. The highest BCUT2D eigenvalue weighted by Crippen LogP contribution is 2.18. The Labute approximate surface area is 103 Å². The minimum atomic E-state index is -0.670. The van der Waals surface area contributed by atoms with E-state index in [1.165, 1.54) is 24.4 Å². The second kappa shape index (κ2) is 5.06. The number of benzene rings is 1. The van der Waals surface area contributed by atoms with Gasteiger partial charge < -0.3 is 5.32 Å². The number of hydrogen-bond donors (Lipinski definition) is 1. The molecule has 0 aliphatic carbocycles. The monoisotopic (exact) mass is 241 g/mol. The first kappa shape index (κ1) is 11.7. The molecule has 0 radical (unpaired) electrons. The van der Waals surface area contributed by atoms with Crippen molar-refractivity contribution in [2.45, 2.75) is 0 Å². The molecule has 0 spiro atoms. The van der Waals surface area contributed by atoms with Gasteiger partial charge in [0.1, 0.15) is 23.1 Å². The van der Waals surface area contributed by atoms with E-state index >= 15 is 0 Å². The number of amides is 1. The number of anilines is 1. The number of nitriles is 1. The van der Waals surface area contributed by atoms with Crippen LogP contribution in [0.1, 0.15) is 16.1 Å². The summed E-state index contributed by atoms with van der Waals surface area (Å²) in [5.74, 6) is -1.16. The highest BCUT2D eigenvalue weighted by molar-refractivity contribution is 6.03. The molecule has 0 aliphatic heterocycles. The first-order chi connectivity index (χ1) is 8.72. The largest absolute Gasteiger partial charge is 0.319 e. The first-order valence-electron chi connectivity index (χ1n) is 5.13. The average molecular weight is 241 g/mol. The summed E-state index contributed by atoms with van der Waals surface area (Å²) in [6.45, 7) is 0. The lowest BCUT2D eigenvalue weighted by atomic mass is 10.2. The summed E-state index contributed by atoms with van der Waals surface area (Å²) >= 11 is 0. The minimum absolute atomic E-state index is 0.133. The molecule has 1 N–H and O–H groups in total. The van der Waals surface area contributed by atoms with Crippen LogP contribution < -0.4 is 5.32 Å². The zero-order valence-electron chi connectivity index (χ0n) is 9.22. The Morgan fingerprint density at radius 2 is 2.11 bits per heavy atom. The Hall–Kier alpha value is -2.74. The molecule has 2 aromatic rings. The maximum atomic E-state index is 13.3. The number of hydrogen-bond acceptors (Lipinski definition) is 3. The molecule has 5 heteroatoms. The van der Waals surface area contributed by atoms with Crippen LogP contribution in [0.15, 0.2) is 42.6 Å². The SMILES string of the molecule is N#Cc1c(F)cccc1NC(=O)c1ccccn1. The van der Waals surface area contributed by atoms with Gasteiger partial charge in [0.15, 0.2) is 0 Å². The molecule has 18 heavy (non-hydrogen) atoms. The number of carbonyl (C=O) groups is 1. The van der Waals surface area contributed by atoms with Crippen LogP contribution in [0.4, 0.5) is 10.1 Å². The average Bonchev–Trinajstić information content (AvgIpc) is 2.40. The summed E-state index contributed by atoms with van der Waals surface area (Å²) in [5, 5.41) is 11.3. The number of pyridine rings is 1. The van der Waals surface area contributed by atoms with E-state index in [0.717, 1.165) is 6.07 Å². The topological polar surface area (TPSA) is 65.8 Å². The highest BCUT2D eigenvalue weighted by Gasteiger charge is 2.12. The Morgan fingerprint density at radius 1 is 1.28 bits per heavy atom. The van der Waals surface area contributed by atoms with Crippen LogP contribution in [-0.2, 0) is 0 Å². The quantitative estimate of drug-likeness (QED) is 0.877. The third-order valence-electron chi connectivity index (χ3n) is 2.27. The van der Waals surface area contributed by atoms with Crippen LogP contribution in [0.25, 0.3) is 0 Å². The molecule has 1 aromatic heterocycles. The standard InChI is InChI=1S/C13H8FN3O/c14-10-4-3-6-11(9(10)8-15)17-13(18)12-5-1-2-7-16-12/h1-7H,(H,17,18). The van der Waals surface area contributed by atoms with Gasteiger partial charge in [0.25, 0.3) is 5.91 Å². The van der Waals surface area contributed by atoms with Gasteiger partial charge >= 0.3 is 0 Å². The van der Waals surface area contributed by atoms with Crippen LogP contribution >= 0.6 is 0 Å². The second-order valence-corrected chi connectivity index (χ2v) is 3.44. The van der Waals surface area contributed by atoms with Gasteiger partial charge in [0, 0.05) is 6.20 Å². The Balaban J connectivity index is 2.29. The van der Waals surface area contributed by atoms with Crippen LogP contribution in [0.3, 0.4) is 0 Å². The van der Waals surface area contributed by atoms with Crippen molar-refractivity contribution in [2.24, 2.45) is 0 Å². The summed E-state index contributed by atoms with van der Waals surface area (Å²) in [6, 6.07) is 10.6. The van der Waals surface area contributed by atoms with Crippen LogP contribution in [-0.4, -0.2) is 10.9 Å². The normalized spacial score (nSPS) is 9.56. The van der Waals surface area contributed by atoms with Crippen molar-refractivity contribution in [1.82, 2.24) is 4.98 Å². The minimum Gasteiger partial charge on any atom is -0.319 e. The maximum absolute atomic E-state index is 13.3. The molecule has 0 saturated carbocycles. The zero-order chi connectivity index (χ0) is 13.0. The molecule has 1 aromatic carbocycles. The summed E-state index contributed by atoms with van der Waals surface area (Å²) in [4.78, 5) is 15.7. The highest BCUT2D eigenvalue weighted by atomic mass is 19.1. The van der Waals surface area contributed by atoms with E-state index in [9.17, 15) is 9.18 Å². The van der Waals surface area contributed by atoms with E-state index in [4.69, 9.17) is 5.26 Å². The number of aromatic nitrogens is 1. The molecule has 0 bridgehead atoms. The number of nitrogens with one attached hydrogen (secondary N) is 1. The van der Waals surface area contributed by atoms with Gasteiger partial charge in [0.05, 0.1) is 5.69 Å². The van der Waals surface area contributed by atoms with Crippen LogP contribution in [0.2, 0.25) is 0 Å². The van der Waals surface area contributed by atoms with E-state index in [1.54, 1.807) is 18.2 Å². The smallest absolute Gasteiger partial charge is 0.274 e. The molecule has 0 saturated heterocycles. The van der Waals surface area contributed by atoms with Gasteiger partial charge in [0.2, 0.25) is 0 Å². The molecular formula is C13H8FN3O. The Bertz CT molecular complexity index is 620. The number of nitrogens with zero attached hydrogens (tertiary/aromatic N) is 2. The predicted molar refractivity (Wildman–Crippen MR) is 63.3 cm³/mol. The number of carbonyl (C=O) groups excluding carboxylic acids is 1. The number of rotatable bonds is 2. The molecule has 88 valence electrons. The van der Waals surface area contributed by atoms with Gasteiger partial charge in [-0.1, -0.05) is 12.1 Å². The third kappa shape index (κ3) is 2.33. The third-order valence-corrected chi connectivity index (χ3v) is 2.27. The second-order valence-electron chi connectivity index (χ2n) is 3.44. The van der Waals surface area contributed by atoms with Crippen molar-refractivity contribution in [3.8, 4) is 6.07 Å². The Morgan fingerprint density at radius 3 is 2.78 bits per heavy atom. The fourth-order valence-corrected chi connectivity index (χ4v) is 1.43. The van der Waals surface area contributed by atoms with E-state index in [2.05, 4.69) is 10.3 Å². The van der Waals surface area contributed by atoms with Crippen molar-refractivity contribution in [3.05, 3.63) is 59.7 Å². The van der Waals surface area contributed by atoms with Crippen LogP contribution in [0, 0.1) is 17.1 Å². The lowest BCUT2D eigenvalue weighted by Crippen LogP contribution is -2.14. The molecule has 2 rings (SSSR count). The predicted octanol–water partition coefficient (Wildman–Crippen LogP) is 2.34. The van der Waals surface area contributed by atoms with Gasteiger partial charge in [-0.05, 0) is 24.3 Å². The summed E-state index contributed by atoms with van der Waals surface area (Å²) in [6.07, 6.45) is 1.48. The molecule has 0 unspecified atom stereocenters. The molecular weight excluding hydrogens is 233 g/mol. The summed E-state index contributed by atoms with van der Waals surface area (Å²) in [7, 11) is 0. The lowest BCUT2D eigenvalue weighted by molar-refractivity contribution is 0.102. The summed E-state index contributed by atoms with van der Waals surface area (Å²) in [5.41, 5.74) is 0.139. The summed E-state index contributed by atoms with van der Waals surface area (Å²) < 4.78 is 13.3. The van der Waals surface area contributed by atoms with E-state index in [-0.39, 0.29) is 16.9 Å². The fourth-order valence-electron chi connectivity index (χ4n) is 1.43. The van der Waals surface area contributed by atoms with Crippen molar-refractivity contribution in [1.29, 1.82) is 5.26 Å². The zero-order valence-corrected chi connectivity index (χ0v) is 9.22. The van der Waals surface area contributed by atoms with E-state index in [0.29, 0.717) is 0 Å². The van der Waals surface area contributed by atoms with Gasteiger partial charge in [-0.3, -0.25) is 9.78 Å². The number of halogens is 1. The lowest BCUT2D eigenvalue weighted by Gasteiger charge is -2.06. The Kier molecular flexibility index (Phi) is 3.30. The van der Waals surface area contributed by atoms with E-state index < -0.39 is 11.7 Å². The molecule has 1 amide bonds. The van der Waals surface area contributed by atoms with Crippen molar-refractivity contribution in [2.75, 3.05) is 5.32 Å². The van der Waals surface area contributed by atoms with Gasteiger partial charge in [-0.25, -0.2) is 4.39 Å². The van der Waals surface area contributed by atoms with E-state index in [1.807, 2.05) is 0 Å². The molecule has 0 aliphatic rings. The van der Waals surface area contributed by atoms with Crippen molar-refractivity contribution >= 4 is 11.6 Å². The first-order valence-corrected chi connectivity index (χ1v) is 5.13. The fraction of sp³-hybridized carbons (Fsp3) is 0.